The van der Waals surface area contributed by atoms with Crippen molar-refractivity contribution < 1.29 is 10.2 Å². The molecule has 0 radical (unpaired) electrons. The van der Waals surface area contributed by atoms with Crippen molar-refractivity contribution in [2.75, 3.05) is 6.61 Å². The van der Waals surface area contributed by atoms with Crippen molar-refractivity contribution in [3.63, 3.8) is 0 Å². The van der Waals surface area contributed by atoms with E-state index in [1.807, 2.05) is 0 Å². The molecule has 90 valence electrons. The average molecular weight is 214 g/mol. The molecule has 0 aromatic rings. The summed E-state index contributed by atoms with van der Waals surface area (Å²) < 4.78 is 0. The molecule has 0 aliphatic heterocycles. The summed E-state index contributed by atoms with van der Waals surface area (Å²) in [6.45, 7) is 4.57. The van der Waals surface area contributed by atoms with Gasteiger partial charge in [-0.25, -0.2) is 0 Å². The minimum Gasteiger partial charge on any atom is -0.396 e. The Kier molecular flexibility index (Phi) is 5.07. The second kappa shape index (κ2) is 5.86. The molecule has 0 amide bonds. The number of hydrogen-bond acceptors (Lipinski definition) is 2. The molecule has 2 heteroatoms. The molecule has 1 aliphatic rings. The second-order valence-electron chi connectivity index (χ2n) is 5.16. The van der Waals surface area contributed by atoms with E-state index in [0.717, 1.165) is 32.1 Å². The van der Waals surface area contributed by atoms with Crippen molar-refractivity contribution in [1.29, 1.82) is 0 Å². The maximum atomic E-state index is 10.3. The van der Waals surface area contributed by atoms with Crippen LogP contribution in [0.15, 0.2) is 0 Å². The Balaban J connectivity index is 2.68. The topological polar surface area (TPSA) is 40.5 Å². The van der Waals surface area contributed by atoms with E-state index >= 15 is 0 Å². The van der Waals surface area contributed by atoms with Crippen LogP contribution in [-0.2, 0) is 0 Å². The van der Waals surface area contributed by atoms with Gasteiger partial charge in [0, 0.05) is 6.61 Å². The summed E-state index contributed by atoms with van der Waals surface area (Å²) in [4.78, 5) is 0. The Morgan fingerprint density at radius 1 is 1.20 bits per heavy atom. The van der Waals surface area contributed by atoms with E-state index < -0.39 is 0 Å². The average Bonchev–Trinajstić information content (AvgIpc) is 2.68. The van der Waals surface area contributed by atoms with Crippen molar-refractivity contribution >= 4 is 0 Å². The van der Waals surface area contributed by atoms with Crippen LogP contribution in [0.25, 0.3) is 0 Å². The molecule has 2 nitrogen and oxygen atoms in total. The monoisotopic (exact) mass is 214 g/mol. The molecule has 1 saturated carbocycles. The maximum Gasteiger partial charge on any atom is 0.0598 e. The van der Waals surface area contributed by atoms with E-state index in [1.165, 1.54) is 12.8 Å². The fourth-order valence-corrected chi connectivity index (χ4v) is 3.23. The molecule has 0 aromatic heterocycles. The number of rotatable bonds is 6. The van der Waals surface area contributed by atoms with Gasteiger partial charge in [0.15, 0.2) is 0 Å². The van der Waals surface area contributed by atoms with Crippen LogP contribution >= 0.6 is 0 Å². The third-order valence-corrected chi connectivity index (χ3v) is 4.30. The highest BCUT2D eigenvalue weighted by Crippen LogP contribution is 2.49. The van der Waals surface area contributed by atoms with Crippen LogP contribution < -0.4 is 0 Å². The molecule has 0 bridgehead atoms. The maximum absolute atomic E-state index is 10.3. The Morgan fingerprint density at radius 3 is 2.27 bits per heavy atom. The van der Waals surface area contributed by atoms with Crippen molar-refractivity contribution in [3.05, 3.63) is 0 Å². The van der Waals surface area contributed by atoms with Gasteiger partial charge < -0.3 is 10.2 Å². The van der Waals surface area contributed by atoms with Gasteiger partial charge in [0.25, 0.3) is 0 Å². The van der Waals surface area contributed by atoms with Gasteiger partial charge in [0.05, 0.1) is 6.10 Å². The quantitative estimate of drug-likeness (QED) is 0.713. The van der Waals surface area contributed by atoms with Crippen LogP contribution in [0.5, 0.6) is 0 Å². The van der Waals surface area contributed by atoms with Gasteiger partial charge in [-0.05, 0) is 37.0 Å². The molecule has 0 spiro atoms. The van der Waals surface area contributed by atoms with Crippen LogP contribution in [0.1, 0.15) is 58.8 Å². The summed E-state index contributed by atoms with van der Waals surface area (Å²) >= 11 is 0. The third kappa shape index (κ3) is 2.73. The van der Waals surface area contributed by atoms with Crippen LogP contribution in [0.2, 0.25) is 0 Å². The zero-order valence-corrected chi connectivity index (χ0v) is 10.2. The number of aliphatic hydroxyl groups excluding tert-OH is 2. The predicted molar refractivity (Wildman–Crippen MR) is 62.7 cm³/mol. The Hall–Kier alpha value is -0.0800. The first-order chi connectivity index (χ1) is 7.17. The van der Waals surface area contributed by atoms with Crippen LogP contribution in [0, 0.1) is 11.3 Å². The van der Waals surface area contributed by atoms with E-state index in [4.69, 9.17) is 5.11 Å². The highest BCUT2D eigenvalue weighted by Gasteiger charge is 2.43. The number of hydrogen-bond donors (Lipinski definition) is 2. The first kappa shape index (κ1) is 13.0. The minimum absolute atomic E-state index is 0.110. The normalized spacial score (nSPS) is 24.0. The molecular weight excluding hydrogens is 188 g/mol. The molecule has 1 rings (SSSR count). The standard InChI is InChI=1S/C13H26O2/c1-3-6-12(15)13(8-4-5-9-13)11(2)7-10-14/h11-12,14-15H,3-10H2,1-2H3. The molecule has 2 N–H and O–H groups in total. The molecule has 15 heavy (non-hydrogen) atoms. The lowest BCUT2D eigenvalue weighted by Gasteiger charge is -2.40. The van der Waals surface area contributed by atoms with E-state index in [2.05, 4.69) is 13.8 Å². The SMILES string of the molecule is CCCC(O)C1(C(C)CCO)CCCC1. The van der Waals surface area contributed by atoms with Crippen molar-refractivity contribution in [2.24, 2.45) is 11.3 Å². The van der Waals surface area contributed by atoms with Gasteiger partial charge >= 0.3 is 0 Å². The molecule has 0 aromatic carbocycles. The van der Waals surface area contributed by atoms with Gasteiger partial charge in [0.2, 0.25) is 0 Å². The zero-order chi connectivity index (χ0) is 11.3. The minimum atomic E-state index is -0.161. The van der Waals surface area contributed by atoms with Crippen LogP contribution in [0.3, 0.4) is 0 Å². The highest BCUT2D eigenvalue weighted by molar-refractivity contribution is 4.94. The molecule has 0 saturated heterocycles. The zero-order valence-electron chi connectivity index (χ0n) is 10.2. The smallest absolute Gasteiger partial charge is 0.0598 e. The summed E-state index contributed by atoms with van der Waals surface area (Å²) in [6.07, 6.45) is 7.43. The highest BCUT2D eigenvalue weighted by atomic mass is 16.3. The summed E-state index contributed by atoms with van der Waals surface area (Å²) in [5.41, 5.74) is 0.110. The Bertz CT molecular complexity index is 159. The Morgan fingerprint density at radius 2 is 1.80 bits per heavy atom. The molecule has 2 atom stereocenters. The first-order valence-electron chi connectivity index (χ1n) is 6.46. The lowest BCUT2D eigenvalue weighted by Crippen LogP contribution is -2.39. The Labute approximate surface area is 93.7 Å². The largest absolute Gasteiger partial charge is 0.396 e. The van der Waals surface area contributed by atoms with Crippen LogP contribution in [0.4, 0.5) is 0 Å². The predicted octanol–water partition coefficient (Wildman–Crippen LogP) is 2.73. The van der Waals surface area contributed by atoms with Crippen molar-refractivity contribution in [2.45, 2.75) is 64.9 Å². The summed E-state index contributed by atoms with van der Waals surface area (Å²) in [5, 5.41) is 19.4. The first-order valence-corrected chi connectivity index (χ1v) is 6.46. The van der Waals surface area contributed by atoms with E-state index in [9.17, 15) is 5.11 Å². The van der Waals surface area contributed by atoms with Crippen LogP contribution in [-0.4, -0.2) is 22.9 Å². The van der Waals surface area contributed by atoms with Crippen molar-refractivity contribution in [3.8, 4) is 0 Å². The van der Waals surface area contributed by atoms with Gasteiger partial charge in [-0.3, -0.25) is 0 Å². The van der Waals surface area contributed by atoms with Crippen molar-refractivity contribution in [1.82, 2.24) is 0 Å². The fourth-order valence-electron chi connectivity index (χ4n) is 3.23. The fraction of sp³-hybridized carbons (Fsp3) is 1.00. The van der Waals surface area contributed by atoms with Gasteiger partial charge in [-0.2, -0.15) is 0 Å². The van der Waals surface area contributed by atoms with Gasteiger partial charge in [0.1, 0.15) is 0 Å². The van der Waals surface area contributed by atoms with Gasteiger partial charge in [-0.1, -0.05) is 33.1 Å². The molecule has 1 aliphatic carbocycles. The summed E-state index contributed by atoms with van der Waals surface area (Å²) in [5.74, 6) is 0.451. The molecule has 2 unspecified atom stereocenters. The number of aliphatic hydroxyl groups is 2. The molecular formula is C13H26O2. The van der Waals surface area contributed by atoms with E-state index in [-0.39, 0.29) is 18.1 Å². The summed E-state index contributed by atoms with van der Waals surface area (Å²) in [6, 6.07) is 0. The summed E-state index contributed by atoms with van der Waals surface area (Å²) in [7, 11) is 0. The van der Waals surface area contributed by atoms with E-state index in [0.29, 0.717) is 5.92 Å². The van der Waals surface area contributed by atoms with Gasteiger partial charge in [-0.15, -0.1) is 0 Å². The second-order valence-corrected chi connectivity index (χ2v) is 5.16. The molecule has 0 heterocycles. The third-order valence-electron chi connectivity index (χ3n) is 4.30. The van der Waals surface area contributed by atoms with E-state index in [1.54, 1.807) is 0 Å². The lowest BCUT2D eigenvalue weighted by molar-refractivity contribution is -0.0236. The lowest BCUT2D eigenvalue weighted by atomic mass is 9.68. The molecule has 1 fully saturated rings.